The maximum atomic E-state index is 5.79. The highest BCUT2D eigenvalue weighted by Crippen LogP contribution is 2.12. The molecule has 158 valence electrons. The molecule has 1 saturated heterocycles. The standard InChI is InChI=1S/C21H30N6O.HI/c1-3-22-20(25-12-5-17-28-19-8-6-18(2)7-9-19)26-13-15-27(16-14-26)21-23-10-4-11-24-21;/h4,6-11H,3,5,12-17H2,1-2H3,(H,22,25);1H. The zero-order valence-electron chi connectivity index (χ0n) is 17.3. The first kappa shape index (κ1) is 23.2. The third kappa shape index (κ3) is 7.34. The molecule has 3 rings (SSSR count). The number of benzene rings is 1. The van der Waals surface area contributed by atoms with Crippen LogP contribution in [0.25, 0.3) is 0 Å². The van der Waals surface area contributed by atoms with Gasteiger partial charge in [0.25, 0.3) is 0 Å². The number of aromatic nitrogens is 2. The Labute approximate surface area is 190 Å². The molecule has 1 aromatic carbocycles. The van der Waals surface area contributed by atoms with Crippen molar-refractivity contribution in [2.45, 2.75) is 20.3 Å². The lowest BCUT2D eigenvalue weighted by Crippen LogP contribution is -2.53. The lowest BCUT2D eigenvalue weighted by Gasteiger charge is -2.36. The highest BCUT2D eigenvalue weighted by atomic mass is 127. The van der Waals surface area contributed by atoms with Crippen molar-refractivity contribution in [3.05, 3.63) is 48.3 Å². The van der Waals surface area contributed by atoms with E-state index >= 15 is 0 Å². The smallest absolute Gasteiger partial charge is 0.225 e. The number of ether oxygens (including phenoxy) is 1. The van der Waals surface area contributed by atoms with Gasteiger partial charge >= 0.3 is 0 Å². The lowest BCUT2D eigenvalue weighted by molar-refractivity contribution is 0.312. The van der Waals surface area contributed by atoms with E-state index in [2.05, 4.69) is 51.1 Å². The molecule has 1 N–H and O–H groups in total. The summed E-state index contributed by atoms with van der Waals surface area (Å²) in [6.45, 7) is 10.1. The lowest BCUT2D eigenvalue weighted by atomic mass is 10.2. The Hall–Kier alpha value is -2.10. The largest absolute Gasteiger partial charge is 0.494 e. The van der Waals surface area contributed by atoms with Crippen molar-refractivity contribution < 1.29 is 4.74 Å². The van der Waals surface area contributed by atoms with Gasteiger partial charge in [-0.15, -0.1) is 24.0 Å². The van der Waals surface area contributed by atoms with Crippen LogP contribution in [0.1, 0.15) is 18.9 Å². The molecule has 0 spiro atoms. The van der Waals surface area contributed by atoms with E-state index in [0.29, 0.717) is 6.61 Å². The second-order valence-electron chi connectivity index (χ2n) is 6.77. The number of anilines is 1. The Kier molecular flexibility index (Phi) is 9.96. The minimum Gasteiger partial charge on any atom is -0.494 e. The summed E-state index contributed by atoms with van der Waals surface area (Å²) >= 11 is 0. The van der Waals surface area contributed by atoms with E-state index in [0.717, 1.165) is 63.3 Å². The Bertz CT molecular complexity index is 733. The van der Waals surface area contributed by atoms with Gasteiger partial charge in [-0.2, -0.15) is 0 Å². The van der Waals surface area contributed by atoms with E-state index in [9.17, 15) is 0 Å². The molecule has 8 heteroatoms. The minimum absolute atomic E-state index is 0. The maximum Gasteiger partial charge on any atom is 0.225 e. The number of rotatable bonds is 7. The third-order valence-corrected chi connectivity index (χ3v) is 4.60. The number of halogens is 1. The number of aryl methyl sites for hydroxylation is 1. The second kappa shape index (κ2) is 12.5. The molecule has 0 atom stereocenters. The van der Waals surface area contributed by atoms with Gasteiger partial charge in [-0.3, -0.25) is 4.99 Å². The first-order chi connectivity index (χ1) is 13.8. The molecule has 2 aromatic rings. The van der Waals surface area contributed by atoms with Crippen LogP contribution in [-0.4, -0.2) is 66.7 Å². The average molecular weight is 510 g/mol. The summed E-state index contributed by atoms with van der Waals surface area (Å²) in [5.41, 5.74) is 1.24. The second-order valence-corrected chi connectivity index (χ2v) is 6.77. The molecule has 0 radical (unpaired) electrons. The summed E-state index contributed by atoms with van der Waals surface area (Å²) in [4.78, 5) is 18.0. The van der Waals surface area contributed by atoms with E-state index in [1.165, 1.54) is 5.56 Å². The zero-order valence-corrected chi connectivity index (χ0v) is 19.6. The average Bonchev–Trinajstić information content (AvgIpc) is 2.75. The van der Waals surface area contributed by atoms with Crippen LogP contribution in [0, 0.1) is 6.92 Å². The van der Waals surface area contributed by atoms with Gasteiger partial charge < -0.3 is 19.9 Å². The van der Waals surface area contributed by atoms with Gasteiger partial charge in [-0.1, -0.05) is 17.7 Å². The van der Waals surface area contributed by atoms with Crippen LogP contribution in [0.4, 0.5) is 5.95 Å². The normalized spacial score (nSPS) is 14.3. The molecule has 0 saturated carbocycles. The molecule has 0 aliphatic carbocycles. The van der Waals surface area contributed by atoms with Crippen molar-refractivity contribution in [2.24, 2.45) is 4.99 Å². The van der Waals surface area contributed by atoms with Gasteiger partial charge in [-0.25, -0.2) is 9.97 Å². The molecule has 0 amide bonds. The van der Waals surface area contributed by atoms with Crippen molar-refractivity contribution in [2.75, 3.05) is 50.8 Å². The molecule has 7 nitrogen and oxygen atoms in total. The molecule has 0 unspecified atom stereocenters. The predicted molar refractivity (Wildman–Crippen MR) is 129 cm³/mol. The van der Waals surface area contributed by atoms with E-state index in [1.807, 2.05) is 18.2 Å². The Morgan fingerprint density at radius 3 is 2.45 bits per heavy atom. The molecule has 2 heterocycles. The van der Waals surface area contributed by atoms with Crippen molar-refractivity contribution >= 4 is 35.9 Å². The molecule has 1 fully saturated rings. The van der Waals surface area contributed by atoms with Gasteiger partial charge in [-0.05, 0) is 32.0 Å². The Balaban J connectivity index is 0.00000300. The van der Waals surface area contributed by atoms with Gasteiger partial charge in [0.15, 0.2) is 5.96 Å². The van der Waals surface area contributed by atoms with Gasteiger partial charge in [0.05, 0.1) is 6.61 Å². The zero-order chi connectivity index (χ0) is 19.6. The summed E-state index contributed by atoms with van der Waals surface area (Å²) < 4.78 is 5.79. The molecule has 0 bridgehead atoms. The first-order valence-electron chi connectivity index (χ1n) is 10.0. The Morgan fingerprint density at radius 1 is 1.10 bits per heavy atom. The predicted octanol–water partition coefficient (Wildman–Crippen LogP) is 2.96. The van der Waals surface area contributed by atoms with Crippen LogP contribution in [0.3, 0.4) is 0 Å². The summed E-state index contributed by atoms with van der Waals surface area (Å²) in [5.74, 6) is 2.70. The van der Waals surface area contributed by atoms with Crippen LogP contribution >= 0.6 is 24.0 Å². The topological polar surface area (TPSA) is 65.9 Å². The van der Waals surface area contributed by atoms with E-state index in [1.54, 1.807) is 12.4 Å². The molecule has 1 aromatic heterocycles. The van der Waals surface area contributed by atoms with Crippen molar-refractivity contribution in [3.63, 3.8) is 0 Å². The molecule has 29 heavy (non-hydrogen) atoms. The van der Waals surface area contributed by atoms with Crippen molar-refractivity contribution in [1.82, 2.24) is 20.2 Å². The SMILES string of the molecule is CCNC(=NCCCOc1ccc(C)cc1)N1CCN(c2ncccn2)CC1.I. The summed E-state index contributed by atoms with van der Waals surface area (Å²) in [6, 6.07) is 10.0. The Morgan fingerprint density at radius 2 is 1.79 bits per heavy atom. The molecular formula is C21H31IN6O. The number of nitrogens with zero attached hydrogens (tertiary/aromatic N) is 5. The van der Waals surface area contributed by atoms with Gasteiger partial charge in [0.1, 0.15) is 5.75 Å². The van der Waals surface area contributed by atoms with Crippen LogP contribution < -0.4 is 15.0 Å². The fraction of sp³-hybridized carbons (Fsp3) is 0.476. The number of aliphatic imine (C=N–C) groups is 1. The number of nitrogens with one attached hydrogen (secondary N) is 1. The van der Waals surface area contributed by atoms with Crippen molar-refractivity contribution in [1.29, 1.82) is 0 Å². The highest BCUT2D eigenvalue weighted by molar-refractivity contribution is 14.0. The number of guanidine groups is 1. The van der Waals surface area contributed by atoms with E-state index in [4.69, 9.17) is 9.73 Å². The van der Waals surface area contributed by atoms with E-state index in [-0.39, 0.29) is 24.0 Å². The van der Waals surface area contributed by atoms with Gasteiger partial charge in [0, 0.05) is 58.1 Å². The molecule has 1 aliphatic rings. The van der Waals surface area contributed by atoms with Crippen LogP contribution in [0.2, 0.25) is 0 Å². The maximum absolute atomic E-state index is 5.79. The summed E-state index contributed by atoms with van der Waals surface area (Å²) in [7, 11) is 0. The van der Waals surface area contributed by atoms with Gasteiger partial charge in [0.2, 0.25) is 5.95 Å². The van der Waals surface area contributed by atoms with Crippen LogP contribution in [-0.2, 0) is 0 Å². The van der Waals surface area contributed by atoms with Crippen molar-refractivity contribution in [3.8, 4) is 5.75 Å². The summed E-state index contributed by atoms with van der Waals surface area (Å²) in [6.07, 6.45) is 4.47. The fourth-order valence-electron chi connectivity index (χ4n) is 3.07. The molecular weight excluding hydrogens is 479 g/mol. The summed E-state index contributed by atoms with van der Waals surface area (Å²) in [5, 5.41) is 3.41. The minimum atomic E-state index is 0. The highest BCUT2D eigenvalue weighted by Gasteiger charge is 2.20. The van der Waals surface area contributed by atoms with Crippen LogP contribution in [0.5, 0.6) is 5.75 Å². The number of hydrogen-bond acceptors (Lipinski definition) is 5. The first-order valence-corrected chi connectivity index (χ1v) is 10.0. The number of hydrogen-bond donors (Lipinski definition) is 1. The number of piperazine rings is 1. The monoisotopic (exact) mass is 510 g/mol. The fourth-order valence-corrected chi connectivity index (χ4v) is 3.07. The van der Waals surface area contributed by atoms with Crippen LogP contribution in [0.15, 0.2) is 47.7 Å². The van der Waals surface area contributed by atoms with E-state index < -0.39 is 0 Å². The third-order valence-electron chi connectivity index (χ3n) is 4.60. The molecule has 1 aliphatic heterocycles. The quantitative estimate of drug-likeness (QED) is 0.268.